The Morgan fingerprint density at radius 2 is 2.07 bits per heavy atom. The summed E-state index contributed by atoms with van der Waals surface area (Å²) >= 11 is 0. The van der Waals surface area contributed by atoms with Crippen LogP contribution in [0.3, 0.4) is 0 Å². The van der Waals surface area contributed by atoms with Crippen molar-refractivity contribution < 1.29 is 14.3 Å². The van der Waals surface area contributed by atoms with Crippen LogP contribution in [0.5, 0.6) is 0 Å². The minimum Gasteiger partial charge on any atom is -0.352 e. The van der Waals surface area contributed by atoms with Crippen LogP contribution in [0.15, 0.2) is 12.1 Å². The summed E-state index contributed by atoms with van der Waals surface area (Å²) < 4.78 is 11.1. The maximum atomic E-state index is 10.5. The average molecular weight is 209 g/mol. The summed E-state index contributed by atoms with van der Waals surface area (Å²) in [4.78, 5) is 13.4. The first-order valence-corrected chi connectivity index (χ1v) is 4.98. The molecule has 0 bridgehead atoms. The van der Waals surface area contributed by atoms with Crippen molar-refractivity contribution in [3.8, 4) is 0 Å². The molecule has 15 heavy (non-hydrogen) atoms. The van der Waals surface area contributed by atoms with E-state index < -0.39 is 0 Å². The highest BCUT2D eigenvalue weighted by Crippen LogP contribution is 2.30. The molecule has 1 aromatic rings. The van der Waals surface area contributed by atoms with Gasteiger partial charge in [-0.05, 0) is 12.1 Å². The molecule has 0 spiro atoms. The van der Waals surface area contributed by atoms with E-state index in [1.54, 1.807) is 6.07 Å². The summed E-state index contributed by atoms with van der Waals surface area (Å²) in [6, 6.07) is 3.53. The normalized spacial score (nSPS) is 21.5. The lowest BCUT2D eigenvalue weighted by Crippen LogP contribution is -2.33. The number of hydrogen-bond donors (Lipinski definition) is 1. The molecule has 1 aliphatic heterocycles. The zero-order valence-corrected chi connectivity index (χ0v) is 8.95. The van der Waals surface area contributed by atoms with E-state index in [-0.39, 0.29) is 11.7 Å². The standard InChI is InChI=1S/C11H15NO3/c1-11(2)6-14-10(15-7-11)9-4-3-8(5-13)12-9/h3-5,10,12H,6-7H2,1-2H3. The second-order valence-electron chi connectivity index (χ2n) is 4.61. The van der Waals surface area contributed by atoms with Crippen molar-refractivity contribution in [3.05, 3.63) is 23.5 Å². The zero-order chi connectivity index (χ0) is 10.9. The van der Waals surface area contributed by atoms with Crippen LogP contribution in [0.25, 0.3) is 0 Å². The number of hydrogen-bond acceptors (Lipinski definition) is 3. The first kappa shape index (κ1) is 10.4. The highest BCUT2D eigenvalue weighted by atomic mass is 16.7. The van der Waals surface area contributed by atoms with Crippen LogP contribution in [0.4, 0.5) is 0 Å². The highest BCUT2D eigenvalue weighted by Gasteiger charge is 2.29. The van der Waals surface area contributed by atoms with E-state index in [4.69, 9.17) is 9.47 Å². The van der Waals surface area contributed by atoms with Gasteiger partial charge in [0.15, 0.2) is 12.6 Å². The van der Waals surface area contributed by atoms with Crippen LogP contribution < -0.4 is 0 Å². The Kier molecular flexibility index (Phi) is 2.63. The molecule has 82 valence electrons. The van der Waals surface area contributed by atoms with E-state index in [2.05, 4.69) is 18.8 Å². The van der Waals surface area contributed by atoms with E-state index in [0.29, 0.717) is 18.9 Å². The number of carbonyl (C=O) groups is 1. The van der Waals surface area contributed by atoms with Crippen molar-refractivity contribution in [1.29, 1.82) is 0 Å². The van der Waals surface area contributed by atoms with Crippen LogP contribution in [-0.2, 0) is 9.47 Å². The maximum Gasteiger partial charge on any atom is 0.198 e. The maximum absolute atomic E-state index is 10.5. The molecule has 0 aromatic carbocycles. The second-order valence-corrected chi connectivity index (χ2v) is 4.61. The minimum absolute atomic E-state index is 0.0661. The summed E-state index contributed by atoms with van der Waals surface area (Å²) in [5, 5.41) is 0. The number of ether oxygens (including phenoxy) is 2. The molecule has 4 nitrogen and oxygen atoms in total. The van der Waals surface area contributed by atoms with E-state index in [0.717, 1.165) is 12.0 Å². The lowest BCUT2D eigenvalue weighted by atomic mass is 9.95. The van der Waals surface area contributed by atoms with Gasteiger partial charge in [0.25, 0.3) is 0 Å². The van der Waals surface area contributed by atoms with Crippen LogP contribution in [-0.4, -0.2) is 24.5 Å². The van der Waals surface area contributed by atoms with Crippen LogP contribution >= 0.6 is 0 Å². The van der Waals surface area contributed by atoms with Gasteiger partial charge in [-0.2, -0.15) is 0 Å². The molecular formula is C11H15NO3. The lowest BCUT2D eigenvalue weighted by Gasteiger charge is -2.34. The number of aldehydes is 1. The predicted molar refractivity (Wildman–Crippen MR) is 54.6 cm³/mol. The van der Waals surface area contributed by atoms with Crippen molar-refractivity contribution in [2.45, 2.75) is 20.1 Å². The summed E-state index contributed by atoms with van der Waals surface area (Å²) in [5.41, 5.74) is 1.41. The fourth-order valence-electron chi connectivity index (χ4n) is 1.51. The first-order valence-electron chi connectivity index (χ1n) is 4.98. The third-order valence-corrected chi connectivity index (χ3v) is 2.36. The molecule has 1 N–H and O–H groups in total. The number of rotatable bonds is 2. The van der Waals surface area contributed by atoms with Gasteiger partial charge in [0.1, 0.15) is 0 Å². The summed E-state index contributed by atoms with van der Waals surface area (Å²) in [6.45, 7) is 5.50. The van der Waals surface area contributed by atoms with Crippen molar-refractivity contribution >= 4 is 6.29 Å². The number of carbonyl (C=O) groups excluding carboxylic acids is 1. The fourth-order valence-corrected chi connectivity index (χ4v) is 1.51. The van der Waals surface area contributed by atoms with E-state index in [1.807, 2.05) is 6.07 Å². The number of nitrogens with one attached hydrogen (secondary N) is 1. The molecule has 2 heterocycles. The molecule has 0 radical (unpaired) electrons. The third-order valence-electron chi connectivity index (χ3n) is 2.36. The Morgan fingerprint density at radius 1 is 1.40 bits per heavy atom. The molecule has 0 unspecified atom stereocenters. The van der Waals surface area contributed by atoms with Gasteiger partial charge in [0, 0.05) is 5.41 Å². The highest BCUT2D eigenvalue weighted by molar-refractivity contribution is 5.72. The van der Waals surface area contributed by atoms with Gasteiger partial charge in [0.2, 0.25) is 0 Å². The monoisotopic (exact) mass is 209 g/mol. The van der Waals surface area contributed by atoms with Crippen LogP contribution in [0, 0.1) is 5.41 Å². The molecule has 1 aromatic heterocycles. The predicted octanol–water partition coefficient (Wildman–Crippen LogP) is 1.90. The molecule has 0 amide bonds. The molecule has 1 fully saturated rings. The lowest BCUT2D eigenvalue weighted by molar-refractivity contribution is -0.227. The van der Waals surface area contributed by atoms with Crippen molar-refractivity contribution in [2.75, 3.05) is 13.2 Å². The second kappa shape index (κ2) is 3.79. The van der Waals surface area contributed by atoms with Crippen molar-refractivity contribution in [3.63, 3.8) is 0 Å². The SMILES string of the molecule is CC1(C)COC(c2ccc(C=O)[nH]2)OC1. The van der Waals surface area contributed by atoms with Gasteiger partial charge >= 0.3 is 0 Å². The van der Waals surface area contributed by atoms with Crippen molar-refractivity contribution in [2.24, 2.45) is 5.41 Å². The Bertz CT molecular complexity index is 346. The molecule has 0 saturated carbocycles. The zero-order valence-electron chi connectivity index (χ0n) is 8.95. The molecule has 1 aliphatic rings. The average Bonchev–Trinajstić information content (AvgIpc) is 2.66. The Balaban J connectivity index is 2.04. The molecule has 4 heteroatoms. The first-order chi connectivity index (χ1) is 7.11. The smallest absolute Gasteiger partial charge is 0.198 e. The quantitative estimate of drug-likeness (QED) is 0.757. The molecule has 1 saturated heterocycles. The number of aromatic amines is 1. The summed E-state index contributed by atoms with van der Waals surface area (Å²) in [6.07, 6.45) is 0.405. The molecular weight excluding hydrogens is 194 g/mol. The number of aromatic nitrogens is 1. The van der Waals surface area contributed by atoms with E-state index in [9.17, 15) is 4.79 Å². The fraction of sp³-hybridized carbons (Fsp3) is 0.545. The molecule has 2 rings (SSSR count). The third kappa shape index (κ3) is 2.27. The Labute approximate surface area is 88.6 Å². The molecule has 0 aliphatic carbocycles. The Hall–Kier alpha value is -1.13. The van der Waals surface area contributed by atoms with Gasteiger partial charge in [0.05, 0.1) is 24.6 Å². The van der Waals surface area contributed by atoms with E-state index >= 15 is 0 Å². The minimum atomic E-state index is -0.369. The largest absolute Gasteiger partial charge is 0.352 e. The van der Waals surface area contributed by atoms with Crippen molar-refractivity contribution in [1.82, 2.24) is 4.98 Å². The van der Waals surface area contributed by atoms with Gasteiger partial charge in [-0.1, -0.05) is 13.8 Å². The van der Waals surface area contributed by atoms with Gasteiger partial charge in [-0.25, -0.2) is 0 Å². The van der Waals surface area contributed by atoms with Crippen LogP contribution in [0.2, 0.25) is 0 Å². The summed E-state index contributed by atoms with van der Waals surface area (Å²) in [7, 11) is 0. The van der Waals surface area contributed by atoms with Gasteiger partial charge in [-0.3, -0.25) is 4.79 Å². The van der Waals surface area contributed by atoms with E-state index in [1.165, 1.54) is 0 Å². The van der Waals surface area contributed by atoms with Crippen LogP contribution in [0.1, 0.15) is 36.3 Å². The summed E-state index contributed by atoms with van der Waals surface area (Å²) in [5.74, 6) is 0. The van der Waals surface area contributed by atoms with Gasteiger partial charge in [-0.15, -0.1) is 0 Å². The molecule has 0 atom stereocenters. The van der Waals surface area contributed by atoms with Gasteiger partial charge < -0.3 is 14.5 Å². The number of H-pyrrole nitrogens is 1. The topological polar surface area (TPSA) is 51.3 Å². The Morgan fingerprint density at radius 3 is 2.60 bits per heavy atom.